The normalized spacial score (nSPS) is 29.7. The van der Waals surface area contributed by atoms with Crippen LogP contribution < -0.4 is 15.9 Å². The average molecular weight is 389 g/mol. The van der Waals surface area contributed by atoms with Gasteiger partial charge in [0, 0.05) is 73.9 Å². The third kappa shape index (κ3) is 2.95. The van der Waals surface area contributed by atoms with Gasteiger partial charge in [-0.25, -0.2) is 0 Å². The molecule has 4 aliphatic rings. The minimum atomic E-state index is 0.0874. The molecule has 1 aromatic rings. The Morgan fingerprint density at radius 2 is 2.11 bits per heavy atom. The van der Waals surface area contributed by atoms with Crippen molar-refractivity contribution in [2.75, 3.05) is 33.2 Å². The van der Waals surface area contributed by atoms with Crippen LogP contribution in [-0.4, -0.2) is 64.9 Å². The lowest BCUT2D eigenvalue weighted by Crippen LogP contribution is -2.46. The number of halogens is 1. The first kappa shape index (κ1) is 17.8. The molecule has 0 radical (unpaired) electrons. The lowest BCUT2D eigenvalue weighted by atomic mass is 9.97. The molecule has 2 bridgehead atoms. The molecule has 1 aromatic heterocycles. The predicted molar refractivity (Wildman–Crippen MR) is 108 cm³/mol. The fourth-order valence-electron chi connectivity index (χ4n) is 5.55. The summed E-state index contributed by atoms with van der Waals surface area (Å²) in [4.78, 5) is 17.3. The van der Waals surface area contributed by atoms with Crippen molar-refractivity contribution in [3.05, 3.63) is 21.8 Å². The van der Waals surface area contributed by atoms with Crippen molar-refractivity contribution in [2.24, 2.45) is 0 Å². The third-order valence-corrected chi connectivity index (χ3v) is 7.30. The second-order valence-electron chi connectivity index (χ2n) is 8.43. The fraction of sp³-hybridized carbons (Fsp3) is 0.667. The number of alkyl halides is 1. The summed E-state index contributed by atoms with van der Waals surface area (Å²) in [6.07, 6.45) is 9.66. The van der Waals surface area contributed by atoms with E-state index >= 15 is 0 Å². The first-order chi connectivity index (χ1) is 13.1. The van der Waals surface area contributed by atoms with E-state index in [-0.39, 0.29) is 5.38 Å². The highest BCUT2D eigenvalue weighted by atomic mass is 35.5. The van der Waals surface area contributed by atoms with Crippen LogP contribution in [0.1, 0.15) is 43.0 Å². The minimum absolute atomic E-state index is 0.0874. The van der Waals surface area contributed by atoms with E-state index in [2.05, 4.69) is 34.0 Å². The number of carbonyl (C=O) groups is 1. The van der Waals surface area contributed by atoms with Gasteiger partial charge in [-0.2, -0.15) is 0 Å². The molecule has 2 fully saturated rings. The molecule has 0 saturated carbocycles. The molecular weight excluding hydrogens is 360 g/mol. The van der Waals surface area contributed by atoms with Crippen LogP contribution in [0.15, 0.2) is 0 Å². The van der Waals surface area contributed by atoms with E-state index in [0.29, 0.717) is 24.4 Å². The molecule has 1 amide bonds. The molecule has 5 nitrogen and oxygen atoms in total. The van der Waals surface area contributed by atoms with E-state index < -0.39 is 0 Å². The van der Waals surface area contributed by atoms with Crippen LogP contribution in [0.2, 0.25) is 0 Å². The van der Waals surface area contributed by atoms with E-state index in [0.717, 1.165) is 45.6 Å². The van der Waals surface area contributed by atoms with Gasteiger partial charge in [0.2, 0.25) is 5.91 Å². The number of rotatable bonds is 3. The van der Waals surface area contributed by atoms with Crippen LogP contribution >= 0.6 is 11.6 Å². The standard InChI is InChI=1S/C21H29ClN4O/c1-24-15-3-5-18(24)21-16-12-14(22)2-4-17(16)26(19(21)13-15)9-6-20(27)25-10-7-23-8-11-25/h4,12,14-15,18,23H,2-3,5-11,13H2,1H3. The molecule has 3 aliphatic heterocycles. The van der Waals surface area contributed by atoms with Crippen molar-refractivity contribution in [3.63, 3.8) is 0 Å². The summed E-state index contributed by atoms with van der Waals surface area (Å²) >= 11 is 6.49. The molecule has 0 aromatic carbocycles. The second kappa shape index (κ2) is 6.94. The molecule has 4 heterocycles. The van der Waals surface area contributed by atoms with Crippen molar-refractivity contribution in [2.45, 2.75) is 56.1 Å². The van der Waals surface area contributed by atoms with Gasteiger partial charge >= 0.3 is 0 Å². The third-order valence-electron chi connectivity index (χ3n) is 7.00. The van der Waals surface area contributed by atoms with Crippen LogP contribution in [-0.2, 0) is 17.8 Å². The second-order valence-corrected chi connectivity index (χ2v) is 8.99. The lowest BCUT2D eigenvalue weighted by molar-refractivity contribution is -0.132. The number of fused-ring (bicyclic) bond motifs is 6. The molecule has 3 atom stereocenters. The van der Waals surface area contributed by atoms with Crippen molar-refractivity contribution in [1.82, 2.24) is 19.7 Å². The number of piperazine rings is 1. The summed E-state index contributed by atoms with van der Waals surface area (Å²) in [6.45, 7) is 4.29. The quantitative estimate of drug-likeness (QED) is 0.770. The Balaban J connectivity index is 1.49. The maximum atomic E-state index is 12.7. The number of nitrogens with zero attached hydrogens (tertiary/aromatic N) is 3. The zero-order valence-corrected chi connectivity index (χ0v) is 16.8. The molecule has 1 aliphatic carbocycles. The van der Waals surface area contributed by atoms with Crippen LogP contribution in [0.5, 0.6) is 0 Å². The molecule has 2 saturated heterocycles. The smallest absolute Gasteiger partial charge is 0.224 e. The van der Waals surface area contributed by atoms with Gasteiger partial charge in [-0.1, -0.05) is 12.2 Å². The number of hydrogen-bond acceptors (Lipinski definition) is 3. The summed E-state index contributed by atoms with van der Waals surface area (Å²) in [5.41, 5.74) is 2.97. The molecule has 0 spiro atoms. The number of nitrogens with one attached hydrogen (secondary N) is 1. The summed E-state index contributed by atoms with van der Waals surface area (Å²) in [6, 6.07) is 1.16. The Bertz CT molecular complexity index is 870. The van der Waals surface area contributed by atoms with Crippen molar-refractivity contribution >= 4 is 29.7 Å². The van der Waals surface area contributed by atoms with Crippen LogP contribution in [0, 0.1) is 0 Å². The van der Waals surface area contributed by atoms with Crippen LogP contribution in [0.3, 0.4) is 0 Å². The highest BCUT2D eigenvalue weighted by molar-refractivity contribution is 6.24. The van der Waals surface area contributed by atoms with Gasteiger partial charge in [-0.05, 0) is 31.9 Å². The summed E-state index contributed by atoms with van der Waals surface area (Å²) in [5.74, 6) is 0.290. The summed E-state index contributed by atoms with van der Waals surface area (Å²) < 4.78 is 2.46. The van der Waals surface area contributed by atoms with Crippen LogP contribution in [0.25, 0.3) is 12.2 Å². The zero-order chi connectivity index (χ0) is 18.5. The summed E-state index contributed by atoms with van der Waals surface area (Å²) in [7, 11) is 2.27. The Morgan fingerprint density at radius 3 is 2.93 bits per heavy atom. The van der Waals surface area contributed by atoms with E-state index in [1.807, 2.05) is 4.90 Å². The average Bonchev–Trinajstić information content (AvgIpc) is 3.10. The highest BCUT2D eigenvalue weighted by Crippen LogP contribution is 2.41. The molecule has 6 heteroatoms. The topological polar surface area (TPSA) is 40.5 Å². The Morgan fingerprint density at radius 1 is 1.30 bits per heavy atom. The number of likely N-dealkylation sites (N-methyl/N-ethyl adjacent to an activating group) is 1. The largest absolute Gasteiger partial charge is 0.344 e. The fourth-order valence-corrected chi connectivity index (χ4v) is 5.77. The molecule has 146 valence electrons. The first-order valence-corrected chi connectivity index (χ1v) is 10.8. The first-order valence-electron chi connectivity index (χ1n) is 10.4. The maximum absolute atomic E-state index is 12.7. The van der Waals surface area contributed by atoms with E-state index in [1.165, 1.54) is 34.7 Å². The molecular formula is C21H29ClN4O. The molecule has 5 rings (SSSR count). The predicted octanol–water partition coefficient (Wildman–Crippen LogP) is 0.574. The monoisotopic (exact) mass is 388 g/mol. The zero-order valence-electron chi connectivity index (χ0n) is 16.1. The van der Waals surface area contributed by atoms with Crippen molar-refractivity contribution in [3.8, 4) is 0 Å². The van der Waals surface area contributed by atoms with Gasteiger partial charge in [0.25, 0.3) is 0 Å². The lowest BCUT2D eigenvalue weighted by Gasteiger charge is -2.32. The van der Waals surface area contributed by atoms with Gasteiger partial charge in [-0.15, -0.1) is 11.6 Å². The van der Waals surface area contributed by atoms with Gasteiger partial charge in [0.15, 0.2) is 0 Å². The van der Waals surface area contributed by atoms with Crippen molar-refractivity contribution < 1.29 is 4.79 Å². The van der Waals surface area contributed by atoms with Gasteiger partial charge in [-0.3, -0.25) is 9.69 Å². The number of carbonyl (C=O) groups excluding carboxylic acids is 1. The van der Waals surface area contributed by atoms with E-state index in [4.69, 9.17) is 11.6 Å². The van der Waals surface area contributed by atoms with Crippen molar-refractivity contribution in [1.29, 1.82) is 0 Å². The van der Waals surface area contributed by atoms with E-state index in [1.54, 1.807) is 0 Å². The Hall–Kier alpha value is -1.30. The number of aromatic nitrogens is 1. The molecule has 1 N–H and O–H groups in total. The van der Waals surface area contributed by atoms with Crippen LogP contribution in [0.4, 0.5) is 0 Å². The minimum Gasteiger partial charge on any atom is -0.344 e. The molecule has 3 unspecified atom stereocenters. The summed E-state index contributed by atoms with van der Waals surface area (Å²) in [5, 5.41) is 6.07. The van der Waals surface area contributed by atoms with Gasteiger partial charge in [0.1, 0.15) is 0 Å². The van der Waals surface area contributed by atoms with Gasteiger partial charge in [0.05, 0.1) is 5.38 Å². The molecule has 27 heavy (non-hydrogen) atoms. The maximum Gasteiger partial charge on any atom is 0.224 e. The van der Waals surface area contributed by atoms with Gasteiger partial charge < -0.3 is 14.8 Å². The Labute approximate surface area is 165 Å². The highest BCUT2D eigenvalue weighted by Gasteiger charge is 2.40. The van der Waals surface area contributed by atoms with E-state index in [9.17, 15) is 4.79 Å². The Kier molecular flexibility index (Phi) is 4.57. The number of hydrogen-bond donors (Lipinski definition) is 1. The number of amides is 1. The SMILES string of the molecule is CN1C2CCC1c1c(n(CCC(=O)N3CCNCC3)c3c1=CC(Cl)CC=3)C2.